The fourth-order valence-electron chi connectivity index (χ4n) is 3.60. The van der Waals surface area contributed by atoms with Gasteiger partial charge in [0.15, 0.2) is 0 Å². The van der Waals surface area contributed by atoms with E-state index in [-0.39, 0.29) is 11.9 Å². The molecule has 120 valence electrons. The van der Waals surface area contributed by atoms with Crippen LogP contribution in [-0.2, 0) is 0 Å². The van der Waals surface area contributed by atoms with Gasteiger partial charge in [0, 0.05) is 19.1 Å². The van der Waals surface area contributed by atoms with Gasteiger partial charge in [0.2, 0.25) is 0 Å². The van der Waals surface area contributed by atoms with Crippen LogP contribution in [0.15, 0.2) is 18.2 Å². The molecule has 1 amide bonds. The van der Waals surface area contributed by atoms with Crippen LogP contribution in [0.5, 0.6) is 0 Å². The SMILES string of the molecule is O=C(c1cccc(Cl)c1Cl)N(CC1CCCC1)C1CCNC1. The molecule has 1 aliphatic heterocycles. The summed E-state index contributed by atoms with van der Waals surface area (Å²) in [7, 11) is 0. The molecular weight excluding hydrogens is 319 g/mol. The third-order valence-electron chi connectivity index (χ3n) is 4.85. The van der Waals surface area contributed by atoms with Crippen LogP contribution in [0.2, 0.25) is 10.0 Å². The first-order chi connectivity index (χ1) is 10.7. The number of carbonyl (C=O) groups excluding carboxylic acids is 1. The van der Waals surface area contributed by atoms with Crippen molar-refractivity contribution in [2.75, 3.05) is 19.6 Å². The molecule has 0 radical (unpaired) electrons. The summed E-state index contributed by atoms with van der Waals surface area (Å²) in [6, 6.07) is 5.56. The minimum absolute atomic E-state index is 0.0214. The lowest BCUT2D eigenvalue weighted by Gasteiger charge is -2.31. The average molecular weight is 341 g/mol. The van der Waals surface area contributed by atoms with E-state index in [1.54, 1.807) is 18.2 Å². The maximum Gasteiger partial charge on any atom is 0.255 e. The van der Waals surface area contributed by atoms with Gasteiger partial charge in [-0.25, -0.2) is 0 Å². The zero-order valence-electron chi connectivity index (χ0n) is 12.7. The lowest BCUT2D eigenvalue weighted by molar-refractivity contribution is 0.0658. The van der Waals surface area contributed by atoms with Gasteiger partial charge < -0.3 is 10.2 Å². The van der Waals surface area contributed by atoms with Gasteiger partial charge in [-0.05, 0) is 43.9 Å². The number of rotatable bonds is 4. The second-order valence-corrected chi connectivity index (χ2v) is 7.14. The predicted molar refractivity (Wildman–Crippen MR) is 90.7 cm³/mol. The largest absolute Gasteiger partial charge is 0.334 e. The van der Waals surface area contributed by atoms with Gasteiger partial charge >= 0.3 is 0 Å². The molecule has 2 aliphatic rings. The van der Waals surface area contributed by atoms with Crippen LogP contribution in [0.3, 0.4) is 0 Å². The number of halogens is 2. The van der Waals surface area contributed by atoms with Crippen LogP contribution in [0.1, 0.15) is 42.5 Å². The smallest absolute Gasteiger partial charge is 0.255 e. The molecule has 3 rings (SSSR count). The minimum Gasteiger partial charge on any atom is -0.334 e. The summed E-state index contributed by atoms with van der Waals surface area (Å²) in [5, 5.41) is 4.17. The Morgan fingerprint density at radius 2 is 2.00 bits per heavy atom. The van der Waals surface area contributed by atoms with E-state index in [4.69, 9.17) is 23.2 Å². The van der Waals surface area contributed by atoms with Crippen LogP contribution in [0.25, 0.3) is 0 Å². The van der Waals surface area contributed by atoms with Crippen LogP contribution >= 0.6 is 23.2 Å². The van der Waals surface area contributed by atoms with Crippen molar-refractivity contribution in [3.8, 4) is 0 Å². The highest BCUT2D eigenvalue weighted by atomic mass is 35.5. The highest BCUT2D eigenvalue weighted by Crippen LogP contribution is 2.30. The maximum absolute atomic E-state index is 13.0. The molecule has 1 saturated heterocycles. The molecule has 1 aromatic rings. The third kappa shape index (κ3) is 3.42. The Hall–Kier alpha value is -0.770. The highest BCUT2D eigenvalue weighted by molar-refractivity contribution is 6.43. The summed E-state index contributed by atoms with van der Waals surface area (Å²) in [5.74, 6) is 0.649. The molecule has 0 bridgehead atoms. The van der Waals surface area contributed by atoms with Crippen molar-refractivity contribution in [2.45, 2.75) is 38.1 Å². The first-order valence-electron chi connectivity index (χ1n) is 8.12. The predicted octanol–water partition coefficient (Wildman–Crippen LogP) is 3.99. The zero-order valence-corrected chi connectivity index (χ0v) is 14.2. The number of hydrogen-bond acceptors (Lipinski definition) is 2. The molecule has 3 nitrogen and oxygen atoms in total. The summed E-state index contributed by atoms with van der Waals surface area (Å²) in [4.78, 5) is 15.1. The molecular formula is C17H22Cl2N2O. The van der Waals surface area contributed by atoms with Gasteiger partial charge in [-0.3, -0.25) is 4.79 Å². The van der Waals surface area contributed by atoms with Crippen molar-refractivity contribution in [3.05, 3.63) is 33.8 Å². The van der Waals surface area contributed by atoms with Crippen LogP contribution in [-0.4, -0.2) is 36.5 Å². The summed E-state index contributed by atoms with van der Waals surface area (Å²) in [5.41, 5.74) is 0.527. The van der Waals surface area contributed by atoms with Crippen molar-refractivity contribution >= 4 is 29.1 Å². The standard InChI is InChI=1S/C17H22Cl2N2O/c18-15-7-3-6-14(16(15)19)17(22)21(13-8-9-20-10-13)11-12-4-1-2-5-12/h3,6-7,12-13,20H,1-2,4-5,8-11H2. The molecule has 1 atom stereocenters. The molecule has 1 aromatic carbocycles. The number of hydrogen-bond donors (Lipinski definition) is 1. The molecule has 5 heteroatoms. The van der Waals surface area contributed by atoms with Gasteiger partial charge in [0.05, 0.1) is 15.6 Å². The van der Waals surface area contributed by atoms with E-state index in [0.717, 1.165) is 26.1 Å². The Balaban J connectivity index is 1.83. The molecule has 1 heterocycles. The second kappa shape index (κ2) is 7.20. The second-order valence-electron chi connectivity index (χ2n) is 6.36. The molecule has 1 N–H and O–H groups in total. The summed E-state index contributed by atoms with van der Waals surface area (Å²) >= 11 is 12.3. The van der Waals surface area contributed by atoms with Crippen LogP contribution in [0.4, 0.5) is 0 Å². The number of nitrogens with zero attached hydrogens (tertiary/aromatic N) is 1. The topological polar surface area (TPSA) is 32.3 Å². The van der Waals surface area contributed by atoms with E-state index in [1.807, 2.05) is 4.90 Å². The molecule has 22 heavy (non-hydrogen) atoms. The lowest BCUT2D eigenvalue weighted by atomic mass is 10.0. The Bertz CT molecular complexity index is 537. The zero-order chi connectivity index (χ0) is 15.5. The number of nitrogens with one attached hydrogen (secondary N) is 1. The first kappa shape index (κ1) is 16.1. The summed E-state index contributed by atoms with van der Waals surface area (Å²) in [6.07, 6.45) is 6.04. The van der Waals surface area contributed by atoms with Gasteiger partial charge in [-0.15, -0.1) is 0 Å². The van der Waals surface area contributed by atoms with E-state index in [1.165, 1.54) is 25.7 Å². The lowest BCUT2D eigenvalue weighted by Crippen LogP contribution is -2.44. The average Bonchev–Trinajstić information content (AvgIpc) is 3.20. The van der Waals surface area contributed by atoms with Gasteiger partial charge in [0.1, 0.15) is 0 Å². The third-order valence-corrected chi connectivity index (χ3v) is 5.67. The van der Waals surface area contributed by atoms with E-state index >= 15 is 0 Å². The molecule has 1 unspecified atom stereocenters. The van der Waals surface area contributed by atoms with E-state index in [2.05, 4.69) is 5.32 Å². The Morgan fingerprint density at radius 3 is 2.68 bits per heavy atom. The minimum atomic E-state index is 0.0214. The van der Waals surface area contributed by atoms with Crippen LogP contribution < -0.4 is 5.32 Å². The summed E-state index contributed by atoms with van der Waals surface area (Å²) in [6.45, 7) is 2.69. The molecule has 0 spiro atoms. The monoisotopic (exact) mass is 340 g/mol. The van der Waals surface area contributed by atoms with E-state index < -0.39 is 0 Å². The van der Waals surface area contributed by atoms with Crippen molar-refractivity contribution in [2.24, 2.45) is 5.92 Å². The Labute approximate surface area is 142 Å². The van der Waals surface area contributed by atoms with E-state index in [9.17, 15) is 4.79 Å². The van der Waals surface area contributed by atoms with Gasteiger partial charge in [0.25, 0.3) is 5.91 Å². The highest BCUT2D eigenvalue weighted by Gasteiger charge is 2.31. The van der Waals surface area contributed by atoms with Crippen molar-refractivity contribution in [1.82, 2.24) is 10.2 Å². The van der Waals surface area contributed by atoms with Crippen LogP contribution in [0, 0.1) is 5.92 Å². The van der Waals surface area contributed by atoms with E-state index in [0.29, 0.717) is 21.5 Å². The van der Waals surface area contributed by atoms with Crippen molar-refractivity contribution in [3.63, 3.8) is 0 Å². The Morgan fingerprint density at radius 1 is 1.23 bits per heavy atom. The quantitative estimate of drug-likeness (QED) is 0.898. The van der Waals surface area contributed by atoms with Crippen molar-refractivity contribution < 1.29 is 4.79 Å². The summed E-state index contributed by atoms with van der Waals surface area (Å²) < 4.78 is 0. The Kier molecular flexibility index (Phi) is 5.27. The molecule has 1 saturated carbocycles. The fraction of sp³-hybridized carbons (Fsp3) is 0.588. The molecule has 1 aliphatic carbocycles. The van der Waals surface area contributed by atoms with Gasteiger partial charge in [-0.1, -0.05) is 42.1 Å². The number of amides is 1. The maximum atomic E-state index is 13.0. The molecule has 2 fully saturated rings. The normalized spacial score (nSPS) is 22.2. The number of benzene rings is 1. The van der Waals surface area contributed by atoms with Gasteiger partial charge in [-0.2, -0.15) is 0 Å². The first-order valence-corrected chi connectivity index (χ1v) is 8.88. The van der Waals surface area contributed by atoms with Crippen molar-refractivity contribution in [1.29, 1.82) is 0 Å². The number of carbonyl (C=O) groups is 1. The fourth-order valence-corrected chi connectivity index (χ4v) is 3.98. The molecule has 0 aromatic heterocycles.